The molecule has 0 fully saturated rings. The van der Waals surface area contributed by atoms with E-state index in [1.54, 1.807) is 7.11 Å². The van der Waals surface area contributed by atoms with E-state index in [1.807, 2.05) is 6.07 Å². The van der Waals surface area contributed by atoms with Crippen molar-refractivity contribution < 1.29 is 4.74 Å². The first-order chi connectivity index (χ1) is 9.74. The first-order valence-electron chi connectivity index (χ1n) is 7.19. The minimum Gasteiger partial charge on any atom is -0.497 e. The maximum Gasteiger partial charge on any atom is 0.119 e. The van der Waals surface area contributed by atoms with Gasteiger partial charge in [-0.15, -0.1) is 0 Å². The summed E-state index contributed by atoms with van der Waals surface area (Å²) in [4.78, 5) is 0. The van der Waals surface area contributed by atoms with Crippen LogP contribution in [0, 0.1) is 6.92 Å². The Morgan fingerprint density at radius 3 is 2.65 bits per heavy atom. The Bertz CT molecular complexity index is 563. The predicted octanol–water partition coefficient (Wildman–Crippen LogP) is 4.17. The Kier molecular flexibility index (Phi) is 5.19. The van der Waals surface area contributed by atoms with Gasteiger partial charge in [0.1, 0.15) is 5.75 Å². The summed E-state index contributed by atoms with van der Waals surface area (Å²) in [5, 5.41) is 3.44. The van der Waals surface area contributed by atoms with E-state index in [2.05, 4.69) is 55.6 Å². The van der Waals surface area contributed by atoms with Gasteiger partial charge in [0.25, 0.3) is 0 Å². The minimum atomic E-state index is 0.909. The number of aryl methyl sites for hydroxylation is 1. The molecule has 0 atom stereocenters. The van der Waals surface area contributed by atoms with Crippen LogP contribution in [0.5, 0.6) is 5.75 Å². The number of benzene rings is 2. The molecule has 2 aromatic carbocycles. The van der Waals surface area contributed by atoms with Crippen LogP contribution >= 0.6 is 0 Å². The Balaban J connectivity index is 2.22. The van der Waals surface area contributed by atoms with Crippen molar-refractivity contribution in [3.8, 4) is 16.9 Å². The highest BCUT2D eigenvalue weighted by atomic mass is 16.5. The Morgan fingerprint density at radius 2 is 1.95 bits per heavy atom. The summed E-state index contributed by atoms with van der Waals surface area (Å²) in [5.41, 5.74) is 5.10. The van der Waals surface area contributed by atoms with Crippen LogP contribution in [0.1, 0.15) is 24.5 Å². The number of hydrogen-bond donors (Lipinski definition) is 1. The first-order valence-corrected chi connectivity index (χ1v) is 7.19. The fraction of sp³-hybridized carbons (Fsp3) is 0.333. The maximum atomic E-state index is 5.27. The highest BCUT2D eigenvalue weighted by Crippen LogP contribution is 2.27. The van der Waals surface area contributed by atoms with Gasteiger partial charge in [0, 0.05) is 6.54 Å². The molecule has 0 spiro atoms. The fourth-order valence-corrected chi connectivity index (χ4v) is 2.35. The van der Waals surface area contributed by atoms with Gasteiger partial charge in [-0.2, -0.15) is 0 Å². The molecular weight excluding hydrogens is 246 g/mol. The summed E-state index contributed by atoms with van der Waals surface area (Å²) in [7, 11) is 1.70. The number of hydrogen-bond acceptors (Lipinski definition) is 2. The minimum absolute atomic E-state index is 0.909. The number of nitrogens with one attached hydrogen (secondary N) is 1. The summed E-state index contributed by atoms with van der Waals surface area (Å²) in [6, 6.07) is 15.0. The lowest BCUT2D eigenvalue weighted by Gasteiger charge is -2.10. The molecule has 0 unspecified atom stereocenters. The summed E-state index contributed by atoms with van der Waals surface area (Å²) in [6.45, 7) is 6.30. The third kappa shape index (κ3) is 3.61. The van der Waals surface area contributed by atoms with Crippen molar-refractivity contribution in [1.29, 1.82) is 0 Å². The van der Waals surface area contributed by atoms with Crippen molar-refractivity contribution >= 4 is 0 Å². The third-order valence-corrected chi connectivity index (χ3v) is 3.43. The van der Waals surface area contributed by atoms with Gasteiger partial charge in [-0.1, -0.05) is 31.2 Å². The molecule has 0 aliphatic carbocycles. The zero-order chi connectivity index (χ0) is 14.4. The predicted molar refractivity (Wildman–Crippen MR) is 85.2 cm³/mol. The number of methoxy groups -OCH3 is 1. The molecule has 2 nitrogen and oxygen atoms in total. The molecule has 1 N–H and O–H groups in total. The van der Waals surface area contributed by atoms with Crippen LogP contribution < -0.4 is 10.1 Å². The van der Waals surface area contributed by atoms with E-state index in [4.69, 9.17) is 4.74 Å². The fourth-order valence-electron chi connectivity index (χ4n) is 2.35. The highest BCUT2D eigenvalue weighted by Gasteiger charge is 2.04. The van der Waals surface area contributed by atoms with Gasteiger partial charge in [0.15, 0.2) is 0 Å². The van der Waals surface area contributed by atoms with Crippen molar-refractivity contribution in [1.82, 2.24) is 5.32 Å². The van der Waals surface area contributed by atoms with Gasteiger partial charge >= 0.3 is 0 Å². The normalized spacial score (nSPS) is 10.6. The van der Waals surface area contributed by atoms with Gasteiger partial charge in [0.2, 0.25) is 0 Å². The Morgan fingerprint density at radius 1 is 1.10 bits per heavy atom. The van der Waals surface area contributed by atoms with Gasteiger partial charge in [0.05, 0.1) is 7.11 Å². The zero-order valence-electron chi connectivity index (χ0n) is 12.6. The first kappa shape index (κ1) is 14.6. The molecule has 2 heteroatoms. The molecule has 0 aliphatic heterocycles. The van der Waals surface area contributed by atoms with Crippen molar-refractivity contribution in [2.24, 2.45) is 0 Å². The van der Waals surface area contributed by atoms with Crippen LogP contribution in [0.15, 0.2) is 42.5 Å². The summed E-state index contributed by atoms with van der Waals surface area (Å²) < 4.78 is 5.27. The van der Waals surface area contributed by atoms with E-state index in [-0.39, 0.29) is 0 Å². The molecule has 0 saturated heterocycles. The topological polar surface area (TPSA) is 21.3 Å². The second kappa shape index (κ2) is 7.11. The molecule has 0 saturated carbocycles. The highest BCUT2D eigenvalue weighted by molar-refractivity contribution is 5.68. The quantitative estimate of drug-likeness (QED) is 0.795. The van der Waals surface area contributed by atoms with Gasteiger partial charge < -0.3 is 10.1 Å². The molecule has 106 valence electrons. The third-order valence-electron chi connectivity index (χ3n) is 3.43. The molecule has 2 aromatic rings. The van der Waals surface area contributed by atoms with E-state index < -0.39 is 0 Å². The SMILES string of the molecule is CCCNCc1cccc(-c2ccc(OC)cc2C)c1. The molecule has 2 rings (SSSR count). The molecule has 0 bridgehead atoms. The Labute approximate surface area is 121 Å². The van der Waals surface area contributed by atoms with Gasteiger partial charge in [-0.05, 0) is 60.3 Å². The second-order valence-electron chi connectivity index (χ2n) is 5.06. The van der Waals surface area contributed by atoms with Crippen LogP contribution in [0.25, 0.3) is 11.1 Å². The molecule has 0 amide bonds. The lowest BCUT2D eigenvalue weighted by molar-refractivity contribution is 0.414. The molecule has 0 heterocycles. The lowest BCUT2D eigenvalue weighted by Crippen LogP contribution is -2.13. The van der Waals surface area contributed by atoms with Crippen molar-refractivity contribution in [3.63, 3.8) is 0 Å². The average molecular weight is 269 g/mol. The van der Waals surface area contributed by atoms with E-state index in [1.165, 1.54) is 22.3 Å². The lowest BCUT2D eigenvalue weighted by atomic mass is 9.98. The summed E-state index contributed by atoms with van der Waals surface area (Å²) in [6.07, 6.45) is 1.16. The van der Waals surface area contributed by atoms with Crippen molar-refractivity contribution in [2.45, 2.75) is 26.8 Å². The zero-order valence-corrected chi connectivity index (χ0v) is 12.6. The van der Waals surface area contributed by atoms with E-state index in [0.29, 0.717) is 0 Å². The van der Waals surface area contributed by atoms with Crippen molar-refractivity contribution in [3.05, 3.63) is 53.6 Å². The smallest absolute Gasteiger partial charge is 0.119 e. The average Bonchev–Trinajstić information content (AvgIpc) is 2.47. The molecule has 0 aliphatic rings. The van der Waals surface area contributed by atoms with Crippen LogP contribution in [0.2, 0.25) is 0 Å². The number of rotatable bonds is 6. The van der Waals surface area contributed by atoms with E-state index >= 15 is 0 Å². The van der Waals surface area contributed by atoms with Crippen LogP contribution in [-0.4, -0.2) is 13.7 Å². The maximum absolute atomic E-state index is 5.27. The number of ether oxygens (including phenoxy) is 1. The van der Waals surface area contributed by atoms with Crippen LogP contribution in [0.3, 0.4) is 0 Å². The second-order valence-corrected chi connectivity index (χ2v) is 5.06. The molecular formula is C18H23NO. The van der Waals surface area contributed by atoms with E-state index in [0.717, 1.165) is 25.3 Å². The molecule has 0 aromatic heterocycles. The van der Waals surface area contributed by atoms with Crippen molar-refractivity contribution in [2.75, 3.05) is 13.7 Å². The van der Waals surface area contributed by atoms with Crippen LogP contribution in [0.4, 0.5) is 0 Å². The largest absolute Gasteiger partial charge is 0.497 e. The summed E-state index contributed by atoms with van der Waals surface area (Å²) in [5.74, 6) is 0.909. The molecule has 0 radical (unpaired) electrons. The summed E-state index contributed by atoms with van der Waals surface area (Å²) >= 11 is 0. The standard InChI is InChI=1S/C18H23NO/c1-4-10-19-13-15-6-5-7-16(12-15)18-9-8-17(20-3)11-14(18)2/h5-9,11-12,19H,4,10,13H2,1-3H3. The Hall–Kier alpha value is -1.80. The molecule has 20 heavy (non-hydrogen) atoms. The van der Waals surface area contributed by atoms with Gasteiger partial charge in [-0.25, -0.2) is 0 Å². The monoisotopic (exact) mass is 269 g/mol. The van der Waals surface area contributed by atoms with E-state index in [9.17, 15) is 0 Å². The van der Waals surface area contributed by atoms with Gasteiger partial charge in [-0.3, -0.25) is 0 Å². The van der Waals surface area contributed by atoms with Crippen LogP contribution in [-0.2, 0) is 6.54 Å².